The van der Waals surface area contributed by atoms with Crippen molar-refractivity contribution in [1.82, 2.24) is 10.1 Å². The van der Waals surface area contributed by atoms with Gasteiger partial charge in [0, 0.05) is 18.7 Å². The number of hydrogen-bond donors (Lipinski definition) is 1. The van der Waals surface area contributed by atoms with Gasteiger partial charge in [-0.1, -0.05) is 34.4 Å². The number of benzene rings is 1. The van der Waals surface area contributed by atoms with E-state index in [-0.39, 0.29) is 12.2 Å². The molecule has 0 aliphatic carbocycles. The summed E-state index contributed by atoms with van der Waals surface area (Å²) in [5.74, 6) is 0.887. The number of nitrogens with zero attached hydrogens (tertiary/aromatic N) is 2. The molecule has 0 radical (unpaired) electrons. The third-order valence-electron chi connectivity index (χ3n) is 3.31. The first-order valence-electron chi connectivity index (χ1n) is 7.15. The fourth-order valence-corrected chi connectivity index (χ4v) is 2.85. The van der Waals surface area contributed by atoms with Gasteiger partial charge in [0.25, 0.3) is 0 Å². The molecule has 2 aromatic heterocycles. The van der Waals surface area contributed by atoms with Crippen LogP contribution >= 0.6 is 23.2 Å². The lowest BCUT2D eigenvalue weighted by atomic mass is 10.0. The van der Waals surface area contributed by atoms with Crippen molar-refractivity contribution in [1.29, 1.82) is 0 Å². The smallest absolute Gasteiger partial charge is 0.230 e. The number of pyridine rings is 1. The number of Topliss-reactive ketones (excluding diaryl/α,β-unsaturated/α-hetero) is 1. The van der Waals surface area contributed by atoms with Crippen molar-refractivity contribution in [2.45, 2.75) is 13.3 Å². The van der Waals surface area contributed by atoms with Gasteiger partial charge in [0.15, 0.2) is 5.78 Å². The van der Waals surface area contributed by atoms with Gasteiger partial charge in [-0.3, -0.25) is 4.79 Å². The third-order valence-corrected chi connectivity index (χ3v) is 3.94. The van der Waals surface area contributed by atoms with Crippen LogP contribution in [0, 0.1) is 6.92 Å². The zero-order chi connectivity index (χ0) is 17.1. The van der Waals surface area contributed by atoms with E-state index in [0.29, 0.717) is 27.3 Å². The minimum atomic E-state index is -0.154. The number of anilines is 2. The van der Waals surface area contributed by atoms with Gasteiger partial charge in [0.2, 0.25) is 5.88 Å². The fourth-order valence-electron chi connectivity index (χ4n) is 2.24. The first-order valence-corrected chi connectivity index (χ1v) is 7.91. The molecule has 0 fully saturated rings. The maximum Gasteiger partial charge on any atom is 0.230 e. The molecule has 3 aromatic rings. The Hall–Kier alpha value is -2.37. The van der Waals surface area contributed by atoms with Gasteiger partial charge in [-0.2, -0.15) is 0 Å². The van der Waals surface area contributed by atoms with Crippen molar-refractivity contribution in [3.63, 3.8) is 0 Å². The predicted octanol–water partition coefficient (Wildman–Crippen LogP) is 4.85. The molecule has 0 aliphatic rings. The third kappa shape index (κ3) is 3.75. The van der Waals surface area contributed by atoms with Crippen molar-refractivity contribution in [3.8, 4) is 0 Å². The highest BCUT2D eigenvalue weighted by Gasteiger charge is 2.15. The number of aromatic nitrogens is 2. The summed E-state index contributed by atoms with van der Waals surface area (Å²) < 4.78 is 5.09. The summed E-state index contributed by atoms with van der Waals surface area (Å²) in [5, 5.41) is 7.48. The molecule has 24 heavy (non-hydrogen) atoms. The second kappa shape index (κ2) is 7.03. The molecule has 0 amide bonds. The monoisotopic (exact) mass is 361 g/mol. The van der Waals surface area contributed by atoms with Crippen LogP contribution in [0.5, 0.6) is 0 Å². The summed E-state index contributed by atoms with van der Waals surface area (Å²) in [6.07, 6.45) is 1.78. The van der Waals surface area contributed by atoms with E-state index in [2.05, 4.69) is 15.5 Å². The van der Waals surface area contributed by atoms with E-state index in [9.17, 15) is 4.79 Å². The predicted molar refractivity (Wildman–Crippen MR) is 93.3 cm³/mol. The summed E-state index contributed by atoms with van der Waals surface area (Å²) in [5.41, 5.74) is 1.87. The Morgan fingerprint density at radius 2 is 1.96 bits per heavy atom. The molecular formula is C17H13Cl2N3O2. The number of halogens is 2. The van der Waals surface area contributed by atoms with Crippen LogP contribution in [0.25, 0.3) is 0 Å². The number of nitrogens with one attached hydrogen (secondary N) is 1. The molecule has 0 saturated heterocycles. The molecule has 0 spiro atoms. The molecule has 122 valence electrons. The Morgan fingerprint density at radius 3 is 2.62 bits per heavy atom. The number of aryl methyl sites for hydroxylation is 1. The Kier molecular flexibility index (Phi) is 4.83. The Labute approximate surface area is 148 Å². The van der Waals surface area contributed by atoms with Gasteiger partial charge in [-0.05, 0) is 36.8 Å². The lowest BCUT2D eigenvalue weighted by molar-refractivity contribution is 0.0993. The zero-order valence-electron chi connectivity index (χ0n) is 12.7. The quantitative estimate of drug-likeness (QED) is 0.657. The lowest BCUT2D eigenvalue weighted by Gasteiger charge is -2.07. The SMILES string of the molecule is Cc1cc(Nc2cc(CC(=O)c3c(Cl)cccc3Cl)ccn2)on1. The minimum Gasteiger partial charge on any atom is -0.338 e. The Morgan fingerprint density at radius 1 is 1.21 bits per heavy atom. The zero-order valence-corrected chi connectivity index (χ0v) is 14.2. The lowest BCUT2D eigenvalue weighted by Crippen LogP contribution is -2.06. The second-order valence-electron chi connectivity index (χ2n) is 5.20. The van der Waals surface area contributed by atoms with E-state index in [1.165, 1.54) is 0 Å². The Balaban J connectivity index is 1.78. The van der Waals surface area contributed by atoms with E-state index in [0.717, 1.165) is 11.3 Å². The first kappa shape index (κ1) is 16.5. The highest BCUT2D eigenvalue weighted by atomic mass is 35.5. The Bertz CT molecular complexity index is 873. The van der Waals surface area contributed by atoms with Gasteiger partial charge in [0.05, 0.1) is 21.3 Å². The molecule has 0 unspecified atom stereocenters. The molecule has 1 aromatic carbocycles. The molecule has 1 N–H and O–H groups in total. The van der Waals surface area contributed by atoms with Crippen LogP contribution in [-0.4, -0.2) is 15.9 Å². The number of hydrogen-bond acceptors (Lipinski definition) is 5. The largest absolute Gasteiger partial charge is 0.338 e. The maximum atomic E-state index is 12.5. The van der Waals surface area contributed by atoms with Crippen molar-refractivity contribution < 1.29 is 9.32 Å². The molecule has 7 heteroatoms. The highest BCUT2D eigenvalue weighted by Crippen LogP contribution is 2.26. The van der Waals surface area contributed by atoms with Crippen LogP contribution in [-0.2, 0) is 6.42 Å². The molecule has 5 nitrogen and oxygen atoms in total. The molecule has 0 atom stereocenters. The van der Waals surface area contributed by atoms with Gasteiger partial charge < -0.3 is 9.84 Å². The van der Waals surface area contributed by atoms with Crippen molar-refractivity contribution in [3.05, 3.63) is 69.5 Å². The molecule has 3 rings (SSSR count). The molecule has 0 bridgehead atoms. The van der Waals surface area contributed by atoms with Gasteiger partial charge in [-0.15, -0.1) is 0 Å². The van der Waals surface area contributed by atoms with Crippen molar-refractivity contribution >= 4 is 40.7 Å². The van der Waals surface area contributed by atoms with Gasteiger partial charge in [-0.25, -0.2) is 4.98 Å². The summed E-state index contributed by atoms with van der Waals surface area (Å²) in [6, 6.07) is 10.3. The molecule has 2 heterocycles. The maximum absolute atomic E-state index is 12.5. The van der Waals surface area contributed by atoms with E-state index in [1.54, 1.807) is 42.6 Å². The second-order valence-corrected chi connectivity index (χ2v) is 6.02. The number of carbonyl (C=O) groups excluding carboxylic acids is 1. The number of rotatable bonds is 5. The van der Waals surface area contributed by atoms with Crippen LogP contribution in [0.3, 0.4) is 0 Å². The van der Waals surface area contributed by atoms with E-state index in [1.807, 2.05) is 6.92 Å². The van der Waals surface area contributed by atoms with Crippen LogP contribution in [0.2, 0.25) is 10.0 Å². The average molecular weight is 362 g/mol. The van der Waals surface area contributed by atoms with Crippen LogP contribution < -0.4 is 5.32 Å². The summed E-state index contributed by atoms with van der Waals surface area (Å²) in [7, 11) is 0. The minimum absolute atomic E-state index is 0.154. The molecular weight excluding hydrogens is 349 g/mol. The summed E-state index contributed by atoms with van der Waals surface area (Å²) >= 11 is 12.2. The average Bonchev–Trinajstić information content (AvgIpc) is 2.92. The van der Waals surface area contributed by atoms with Crippen LogP contribution in [0.15, 0.2) is 47.1 Å². The van der Waals surface area contributed by atoms with E-state index < -0.39 is 0 Å². The van der Waals surface area contributed by atoms with Gasteiger partial charge >= 0.3 is 0 Å². The molecule has 0 aliphatic heterocycles. The normalized spacial score (nSPS) is 10.6. The molecule has 0 saturated carbocycles. The van der Waals surface area contributed by atoms with Crippen molar-refractivity contribution in [2.75, 3.05) is 5.32 Å². The van der Waals surface area contributed by atoms with Crippen molar-refractivity contribution in [2.24, 2.45) is 0 Å². The van der Waals surface area contributed by atoms with E-state index in [4.69, 9.17) is 27.7 Å². The first-order chi connectivity index (χ1) is 11.5. The topological polar surface area (TPSA) is 68.0 Å². The summed E-state index contributed by atoms with van der Waals surface area (Å²) in [6.45, 7) is 1.82. The standard InChI is InChI=1S/C17H13Cl2N3O2/c1-10-7-16(24-22-10)21-15-9-11(5-6-20-15)8-14(23)17-12(18)3-2-4-13(17)19/h2-7,9H,8H2,1H3,(H,20,21). The summed E-state index contributed by atoms with van der Waals surface area (Å²) in [4.78, 5) is 16.7. The van der Waals surface area contributed by atoms with Gasteiger partial charge in [0.1, 0.15) is 5.82 Å². The fraction of sp³-hybridized carbons (Fsp3) is 0.118. The highest BCUT2D eigenvalue weighted by molar-refractivity contribution is 6.39. The number of carbonyl (C=O) groups is 1. The van der Waals surface area contributed by atoms with Crippen LogP contribution in [0.4, 0.5) is 11.7 Å². The van der Waals surface area contributed by atoms with Crippen LogP contribution in [0.1, 0.15) is 21.6 Å². The van der Waals surface area contributed by atoms with E-state index >= 15 is 0 Å². The number of ketones is 1.